The van der Waals surface area contributed by atoms with E-state index in [9.17, 15) is 0 Å². The van der Waals surface area contributed by atoms with Gasteiger partial charge in [-0.3, -0.25) is 4.90 Å². The van der Waals surface area contributed by atoms with Gasteiger partial charge in [-0.25, -0.2) is 0 Å². The van der Waals surface area contributed by atoms with Gasteiger partial charge in [0.05, 0.1) is 0 Å². The van der Waals surface area contributed by atoms with Gasteiger partial charge >= 0.3 is 0 Å². The summed E-state index contributed by atoms with van der Waals surface area (Å²) in [6, 6.07) is 0.693. The number of nitrogens with zero attached hydrogens (tertiary/aromatic N) is 2. The molecule has 0 spiro atoms. The third kappa shape index (κ3) is 2.43. The molecule has 0 bridgehead atoms. The van der Waals surface area contributed by atoms with Crippen molar-refractivity contribution >= 4 is 0 Å². The molecule has 1 aliphatic heterocycles. The Bertz CT molecular complexity index is 116. The standard InChI is InChI=1S/C8H19N3/c1-4-11(3)8-5-9-7-10(2)6-8/h8-9H,4-7H2,1-3H3. The highest BCUT2D eigenvalue weighted by Crippen LogP contribution is 2.00. The van der Waals surface area contributed by atoms with Crippen LogP contribution in [0.4, 0.5) is 0 Å². The summed E-state index contributed by atoms with van der Waals surface area (Å²) in [6.45, 7) is 6.70. The SMILES string of the molecule is CCN(C)C1CNCN(C)C1. The van der Waals surface area contributed by atoms with Crippen LogP contribution in [0.3, 0.4) is 0 Å². The summed E-state index contributed by atoms with van der Waals surface area (Å²) >= 11 is 0. The van der Waals surface area contributed by atoms with Crippen molar-refractivity contribution in [3.05, 3.63) is 0 Å². The van der Waals surface area contributed by atoms with Crippen LogP contribution in [0.5, 0.6) is 0 Å². The Morgan fingerprint density at radius 2 is 2.36 bits per heavy atom. The molecule has 0 aromatic heterocycles. The molecule has 1 saturated heterocycles. The molecular weight excluding hydrogens is 138 g/mol. The molecule has 0 saturated carbocycles. The summed E-state index contributed by atoms with van der Waals surface area (Å²) in [5.74, 6) is 0. The molecule has 1 aliphatic rings. The smallest absolute Gasteiger partial charge is 0.0478 e. The molecule has 1 heterocycles. The van der Waals surface area contributed by atoms with Gasteiger partial charge in [0.25, 0.3) is 0 Å². The first-order valence-corrected chi connectivity index (χ1v) is 4.33. The highest BCUT2D eigenvalue weighted by molar-refractivity contribution is 4.77. The van der Waals surface area contributed by atoms with Gasteiger partial charge in [-0.1, -0.05) is 6.92 Å². The van der Waals surface area contributed by atoms with Crippen molar-refractivity contribution in [2.24, 2.45) is 0 Å². The van der Waals surface area contributed by atoms with Gasteiger partial charge in [-0.15, -0.1) is 0 Å². The predicted octanol–water partition coefficient (Wildman–Crippen LogP) is -0.201. The molecule has 0 aromatic carbocycles. The number of hydrogen-bond donors (Lipinski definition) is 1. The van der Waals surface area contributed by atoms with E-state index in [1.165, 1.54) is 6.54 Å². The van der Waals surface area contributed by atoms with Gasteiger partial charge in [0, 0.05) is 25.8 Å². The molecule has 0 amide bonds. The maximum atomic E-state index is 3.38. The van der Waals surface area contributed by atoms with Crippen molar-refractivity contribution in [3.63, 3.8) is 0 Å². The van der Waals surface area contributed by atoms with Crippen LogP contribution in [0.15, 0.2) is 0 Å². The van der Waals surface area contributed by atoms with Crippen LogP contribution in [-0.4, -0.2) is 56.2 Å². The lowest BCUT2D eigenvalue weighted by Gasteiger charge is -2.35. The maximum absolute atomic E-state index is 3.38. The first-order valence-electron chi connectivity index (χ1n) is 4.33. The number of nitrogens with one attached hydrogen (secondary N) is 1. The van der Waals surface area contributed by atoms with Gasteiger partial charge in [-0.05, 0) is 20.6 Å². The normalized spacial score (nSPS) is 27.8. The van der Waals surface area contributed by atoms with Crippen LogP contribution < -0.4 is 5.32 Å². The van der Waals surface area contributed by atoms with Crippen LogP contribution in [0, 0.1) is 0 Å². The van der Waals surface area contributed by atoms with E-state index in [0.717, 1.165) is 19.8 Å². The molecule has 0 radical (unpaired) electrons. The molecule has 1 rings (SSSR count). The molecule has 11 heavy (non-hydrogen) atoms. The Hall–Kier alpha value is -0.120. The van der Waals surface area contributed by atoms with Crippen LogP contribution in [-0.2, 0) is 0 Å². The summed E-state index contributed by atoms with van der Waals surface area (Å²) in [6.07, 6.45) is 0. The third-order valence-corrected chi connectivity index (χ3v) is 2.41. The minimum absolute atomic E-state index is 0.693. The van der Waals surface area contributed by atoms with Gasteiger partial charge in [0.2, 0.25) is 0 Å². The molecule has 66 valence electrons. The summed E-state index contributed by atoms with van der Waals surface area (Å²) < 4.78 is 0. The Balaban J connectivity index is 2.33. The Morgan fingerprint density at radius 1 is 1.64 bits per heavy atom. The summed E-state index contributed by atoms with van der Waals surface area (Å²) in [5, 5.41) is 3.38. The largest absolute Gasteiger partial charge is 0.303 e. The minimum Gasteiger partial charge on any atom is -0.303 e. The monoisotopic (exact) mass is 157 g/mol. The summed E-state index contributed by atoms with van der Waals surface area (Å²) in [4.78, 5) is 4.71. The van der Waals surface area contributed by atoms with Crippen molar-refractivity contribution < 1.29 is 0 Å². The van der Waals surface area contributed by atoms with E-state index in [1.807, 2.05) is 0 Å². The molecule has 1 atom stereocenters. The molecule has 1 N–H and O–H groups in total. The molecular formula is C8H19N3. The van der Waals surface area contributed by atoms with Crippen LogP contribution in [0.2, 0.25) is 0 Å². The van der Waals surface area contributed by atoms with Crippen molar-refractivity contribution in [1.29, 1.82) is 0 Å². The van der Waals surface area contributed by atoms with Crippen LogP contribution in [0.1, 0.15) is 6.92 Å². The van der Waals surface area contributed by atoms with Gasteiger partial charge in [0.15, 0.2) is 0 Å². The molecule has 3 heteroatoms. The van der Waals surface area contributed by atoms with E-state index >= 15 is 0 Å². The first kappa shape index (κ1) is 8.97. The van der Waals surface area contributed by atoms with Crippen LogP contribution >= 0.6 is 0 Å². The fraction of sp³-hybridized carbons (Fsp3) is 1.00. The average Bonchev–Trinajstić information content (AvgIpc) is 2.03. The predicted molar refractivity (Wildman–Crippen MR) is 47.6 cm³/mol. The molecule has 3 nitrogen and oxygen atoms in total. The zero-order valence-electron chi connectivity index (χ0n) is 7.80. The topological polar surface area (TPSA) is 18.5 Å². The molecule has 1 unspecified atom stereocenters. The van der Waals surface area contributed by atoms with E-state index in [1.54, 1.807) is 0 Å². The second-order valence-corrected chi connectivity index (χ2v) is 3.38. The van der Waals surface area contributed by atoms with Crippen molar-refractivity contribution in [3.8, 4) is 0 Å². The minimum atomic E-state index is 0.693. The highest BCUT2D eigenvalue weighted by atomic mass is 15.3. The number of rotatable bonds is 2. The molecule has 0 aliphatic carbocycles. The molecule has 0 aromatic rings. The van der Waals surface area contributed by atoms with Crippen molar-refractivity contribution in [2.75, 3.05) is 40.4 Å². The summed E-state index contributed by atoms with van der Waals surface area (Å²) in [5.41, 5.74) is 0. The number of likely N-dealkylation sites (N-methyl/N-ethyl adjacent to an activating group) is 2. The quantitative estimate of drug-likeness (QED) is 0.599. The lowest BCUT2D eigenvalue weighted by atomic mass is 10.2. The zero-order chi connectivity index (χ0) is 8.27. The third-order valence-electron chi connectivity index (χ3n) is 2.41. The summed E-state index contributed by atoms with van der Waals surface area (Å²) in [7, 11) is 4.34. The lowest BCUT2D eigenvalue weighted by molar-refractivity contribution is 0.137. The fourth-order valence-corrected chi connectivity index (χ4v) is 1.46. The van der Waals surface area contributed by atoms with Gasteiger partial charge < -0.3 is 10.2 Å². The second-order valence-electron chi connectivity index (χ2n) is 3.38. The second kappa shape index (κ2) is 4.04. The van der Waals surface area contributed by atoms with E-state index in [2.05, 4.69) is 36.1 Å². The Kier molecular flexibility index (Phi) is 3.30. The van der Waals surface area contributed by atoms with E-state index < -0.39 is 0 Å². The first-order chi connectivity index (χ1) is 5.24. The Morgan fingerprint density at radius 3 is 2.91 bits per heavy atom. The zero-order valence-corrected chi connectivity index (χ0v) is 7.80. The highest BCUT2D eigenvalue weighted by Gasteiger charge is 2.18. The van der Waals surface area contributed by atoms with Crippen molar-refractivity contribution in [2.45, 2.75) is 13.0 Å². The van der Waals surface area contributed by atoms with E-state index in [0.29, 0.717) is 6.04 Å². The van der Waals surface area contributed by atoms with Crippen LogP contribution in [0.25, 0.3) is 0 Å². The maximum Gasteiger partial charge on any atom is 0.0478 e. The Labute approximate surface area is 69.4 Å². The fourth-order valence-electron chi connectivity index (χ4n) is 1.46. The molecule has 1 fully saturated rings. The average molecular weight is 157 g/mol. The van der Waals surface area contributed by atoms with E-state index in [4.69, 9.17) is 0 Å². The van der Waals surface area contributed by atoms with Gasteiger partial charge in [0.1, 0.15) is 0 Å². The lowest BCUT2D eigenvalue weighted by Crippen LogP contribution is -2.54. The van der Waals surface area contributed by atoms with Crippen molar-refractivity contribution in [1.82, 2.24) is 15.1 Å². The van der Waals surface area contributed by atoms with Gasteiger partial charge in [-0.2, -0.15) is 0 Å². The number of hydrogen-bond acceptors (Lipinski definition) is 3. The van der Waals surface area contributed by atoms with E-state index in [-0.39, 0.29) is 0 Å².